The second kappa shape index (κ2) is 10.9. The van der Waals surface area contributed by atoms with E-state index in [2.05, 4.69) is 0 Å². The number of nitrogens with zero attached hydrogens (tertiary/aromatic N) is 3. The molecule has 1 aliphatic heterocycles. The van der Waals surface area contributed by atoms with Crippen LogP contribution in [-0.2, 0) is 0 Å². The molecule has 50 heavy (non-hydrogen) atoms. The smallest absolute Gasteiger partial charge is 0.164 e. The molecule has 0 amide bonds. The summed E-state index contributed by atoms with van der Waals surface area (Å²) in [6.07, 6.45) is 0. The van der Waals surface area contributed by atoms with Crippen molar-refractivity contribution < 1.29 is 15.4 Å². The first kappa shape index (κ1) is 21.7. The van der Waals surface area contributed by atoms with Gasteiger partial charge in [0.15, 0.2) is 17.5 Å². The zero-order chi connectivity index (χ0) is 40.4. The fourth-order valence-electron chi connectivity index (χ4n) is 7.21. The third-order valence-electron chi connectivity index (χ3n) is 9.76. The molecule has 0 fully saturated rings. The van der Waals surface area contributed by atoms with Crippen LogP contribution in [0.3, 0.4) is 0 Å². The largest absolute Gasteiger partial charge is 0.455 e. The van der Waals surface area contributed by atoms with E-state index in [1.54, 1.807) is 0 Å². The Hall–Kier alpha value is -6.17. The van der Waals surface area contributed by atoms with E-state index in [0.717, 1.165) is 38.2 Å². The minimum Gasteiger partial charge on any atom is -0.455 e. The van der Waals surface area contributed by atoms with E-state index in [0.29, 0.717) is 38.9 Å². The van der Waals surface area contributed by atoms with Crippen molar-refractivity contribution >= 4 is 51.2 Å². The number of benzene rings is 7. The Morgan fingerprint density at radius 1 is 0.540 bits per heavy atom. The lowest BCUT2D eigenvalue weighted by Gasteiger charge is -2.19. The Balaban J connectivity index is 1.32. The van der Waals surface area contributed by atoms with Crippen LogP contribution < -0.4 is 10.4 Å². The van der Waals surface area contributed by atoms with Gasteiger partial charge >= 0.3 is 0 Å². The van der Waals surface area contributed by atoms with Crippen molar-refractivity contribution in [1.29, 1.82) is 0 Å². The van der Waals surface area contributed by atoms with Crippen molar-refractivity contribution in [3.63, 3.8) is 0 Å². The molecule has 236 valence electrons. The summed E-state index contributed by atoms with van der Waals surface area (Å²) >= 11 is 0. The summed E-state index contributed by atoms with van der Waals surface area (Å²) in [7, 11) is -2.93. The zero-order valence-corrected chi connectivity index (χ0v) is 28.1. The van der Waals surface area contributed by atoms with E-state index >= 15 is 0 Å². The highest BCUT2D eigenvalue weighted by atomic mass is 28.3. The quantitative estimate of drug-likeness (QED) is 0.176. The number of furan rings is 1. The average molecular weight is 666 g/mol. The van der Waals surface area contributed by atoms with Crippen molar-refractivity contribution in [3.8, 4) is 56.4 Å². The van der Waals surface area contributed by atoms with E-state index in [-0.39, 0.29) is 58.6 Å². The Morgan fingerprint density at radius 3 is 2.02 bits per heavy atom. The molecule has 5 heteroatoms. The maximum absolute atomic E-state index is 9.15. The van der Waals surface area contributed by atoms with Gasteiger partial charge in [-0.15, -0.1) is 0 Å². The van der Waals surface area contributed by atoms with Gasteiger partial charge in [-0.1, -0.05) is 146 Å². The molecule has 10 rings (SSSR count). The molecule has 0 radical (unpaired) electrons. The molecular weight excluding hydrogens is 627 g/mol. The summed E-state index contributed by atoms with van der Waals surface area (Å²) in [4.78, 5) is 15.2. The van der Waals surface area contributed by atoms with Crippen LogP contribution in [0.2, 0.25) is 13.1 Å². The van der Waals surface area contributed by atoms with Crippen LogP contribution in [0, 0.1) is 0 Å². The van der Waals surface area contributed by atoms with Gasteiger partial charge in [0.1, 0.15) is 19.2 Å². The Morgan fingerprint density at radius 2 is 1.18 bits per heavy atom. The van der Waals surface area contributed by atoms with E-state index in [1.165, 1.54) is 0 Å². The van der Waals surface area contributed by atoms with Gasteiger partial charge in [0.25, 0.3) is 0 Å². The fourth-order valence-corrected chi connectivity index (χ4v) is 10.0. The zero-order valence-electron chi connectivity index (χ0n) is 35.1. The van der Waals surface area contributed by atoms with E-state index in [4.69, 9.17) is 30.3 Å². The van der Waals surface area contributed by atoms with E-state index in [1.807, 2.05) is 116 Å². The molecular formula is C45H31N3OSi. The SMILES string of the molecule is [2H]c1c([2H])c([2H])c2c(c1[2H])-c1c(cc(-c3nc(-c4ccc(-c5ccccc5)cc4)nc(-c4ccc5ccccc5c4)n3)c3c1oc1c([2H])c([2H])c([2H])c([2H])c13)[Si]2(C)C. The second-order valence-electron chi connectivity index (χ2n) is 13.0. The number of hydrogen-bond donors (Lipinski definition) is 0. The van der Waals surface area contributed by atoms with Crippen LogP contribution in [0.5, 0.6) is 0 Å². The Bertz CT molecular complexity index is 3240. The molecule has 3 heterocycles. The second-order valence-corrected chi connectivity index (χ2v) is 17.3. The van der Waals surface area contributed by atoms with Crippen molar-refractivity contribution in [2.45, 2.75) is 13.1 Å². The minimum absolute atomic E-state index is 0.0649. The van der Waals surface area contributed by atoms with Gasteiger partial charge in [0.05, 0.1) is 11.0 Å². The summed E-state index contributed by atoms with van der Waals surface area (Å²) in [5.41, 5.74) is 4.92. The van der Waals surface area contributed by atoms with Crippen LogP contribution in [-0.4, -0.2) is 23.0 Å². The van der Waals surface area contributed by atoms with Crippen LogP contribution in [0.15, 0.2) is 156 Å². The summed E-state index contributed by atoms with van der Waals surface area (Å²) in [6.45, 7) is 4.06. The molecule has 0 saturated heterocycles. The molecule has 0 unspecified atom stereocenters. The molecule has 0 N–H and O–H groups in total. The van der Waals surface area contributed by atoms with Gasteiger partial charge < -0.3 is 4.42 Å². The fraction of sp³-hybridized carbons (Fsp3) is 0.0444. The normalized spacial score (nSPS) is 15.4. The summed E-state index contributed by atoms with van der Waals surface area (Å²) in [5, 5.41) is 3.79. The van der Waals surface area contributed by atoms with Gasteiger partial charge in [-0.2, -0.15) is 0 Å². The van der Waals surface area contributed by atoms with Gasteiger partial charge in [-0.05, 0) is 56.0 Å². The average Bonchev–Trinajstić information content (AvgIpc) is 3.76. The highest BCUT2D eigenvalue weighted by molar-refractivity contribution is 7.04. The van der Waals surface area contributed by atoms with Gasteiger partial charge in [0.2, 0.25) is 0 Å². The highest BCUT2D eigenvalue weighted by Gasteiger charge is 2.40. The lowest BCUT2D eigenvalue weighted by Crippen LogP contribution is -2.49. The summed E-state index contributed by atoms with van der Waals surface area (Å²) < 4.78 is 77.1. The lowest BCUT2D eigenvalue weighted by molar-refractivity contribution is 0.670. The minimum atomic E-state index is -2.93. The van der Waals surface area contributed by atoms with Crippen LogP contribution in [0.25, 0.3) is 89.1 Å². The van der Waals surface area contributed by atoms with Gasteiger partial charge in [0, 0.05) is 33.0 Å². The monoisotopic (exact) mass is 665 g/mol. The third kappa shape index (κ3) is 4.40. The number of para-hydroxylation sites is 1. The highest BCUT2D eigenvalue weighted by Crippen LogP contribution is 2.43. The maximum Gasteiger partial charge on any atom is 0.164 e. The first-order chi connectivity index (χ1) is 27.8. The molecule has 0 spiro atoms. The standard InChI is InChI=1S/C45H31N3OSi/c1-50(2)38-19-11-9-17-35(38)41-39(50)27-36(40-34-16-8-10-18-37(34)49-42(40)41)45-47-43(31-23-20-30(21-24-31)28-12-4-3-5-13-28)46-44(48-45)33-25-22-29-14-6-7-15-32(29)26-33/h3-27H,1-2H3/i8D,9D,10D,11D,16D,17D,18D,19D. The van der Waals surface area contributed by atoms with Crippen molar-refractivity contribution in [1.82, 2.24) is 15.0 Å². The van der Waals surface area contributed by atoms with Gasteiger partial charge in [-0.3, -0.25) is 0 Å². The molecule has 0 saturated carbocycles. The molecule has 1 aliphatic rings. The van der Waals surface area contributed by atoms with Crippen LogP contribution in [0.1, 0.15) is 11.0 Å². The first-order valence-electron chi connectivity index (χ1n) is 20.4. The van der Waals surface area contributed by atoms with E-state index < -0.39 is 20.2 Å². The Kier molecular flexibility index (Phi) is 4.75. The molecule has 0 aliphatic carbocycles. The predicted molar refractivity (Wildman–Crippen MR) is 209 cm³/mol. The molecule has 0 bridgehead atoms. The van der Waals surface area contributed by atoms with Crippen LogP contribution >= 0.6 is 0 Å². The van der Waals surface area contributed by atoms with Crippen LogP contribution in [0.4, 0.5) is 0 Å². The van der Waals surface area contributed by atoms with E-state index in [9.17, 15) is 0 Å². The summed E-state index contributed by atoms with van der Waals surface area (Å²) in [6, 6.07) is 31.3. The number of aromatic nitrogens is 3. The molecule has 9 aromatic rings. The van der Waals surface area contributed by atoms with Crippen molar-refractivity contribution in [2.24, 2.45) is 0 Å². The Labute approximate surface area is 302 Å². The lowest BCUT2D eigenvalue weighted by atomic mass is 9.98. The maximum atomic E-state index is 9.15. The molecule has 7 aromatic carbocycles. The molecule has 2 aromatic heterocycles. The third-order valence-corrected chi connectivity index (χ3v) is 13.1. The molecule has 0 atom stereocenters. The number of hydrogen-bond acceptors (Lipinski definition) is 4. The number of rotatable bonds is 4. The van der Waals surface area contributed by atoms with Gasteiger partial charge in [-0.25, -0.2) is 15.0 Å². The molecule has 4 nitrogen and oxygen atoms in total. The predicted octanol–water partition coefficient (Wildman–Crippen LogP) is 10.4. The topological polar surface area (TPSA) is 51.8 Å². The van der Waals surface area contributed by atoms with Crippen molar-refractivity contribution in [3.05, 3.63) is 151 Å². The number of fused-ring (bicyclic) bond motifs is 8. The van der Waals surface area contributed by atoms with Crippen molar-refractivity contribution in [2.75, 3.05) is 0 Å². The summed E-state index contributed by atoms with van der Waals surface area (Å²) in [5.74, 6) is 1.01. The first-order valence-corrected chi connectivity index (χ1v) is 19.4.